The van der Waals surface area contributed by atoms with Crippen LogP contribution in [-0.2, 0) is 4.74 Å². The van der Waals surface area contributed by atoms with Gasteiger partial charge in [0, 0.05) is 46.9 Å². The van der Waals surface area contributed by atoms with E-state index in [4.69, 9.17) is 4.74 Å². The summed E-state index contributed by atoms with van der Waals surface area (Å²) in [5.41, 5.74) is 0. The highest BCUT2D eigenvalue weighted by Crippen LogP contribution is 2.20. The van der Waals surface area contributed by atoms with Crippen molar-refractivity contribution in [3.8, 4) is 0 Å². The second-order valence-corrected chi connectivity index (χ2v) is 6.12. The van der Waals surface area contributed by atoms with E-state index in [0.29, 0.717) is 0 Å². The molecule has 20 heavy (non-hydrogen) atoms. The van der Waals surface area contributed by atoms with E-state index in [-0.39, 0.29) is 0 Å². The summed E-state index contributed by atoms with van der Waals surface area (Å²) in [5.74, 6) is 2.55. The van der Waals surface area contributed by atoms with Gasteiger partial charge in [-0.1, -0.05) is 13.8 Å². The second kappa shape index (κ2) is 9.19. The molecule has 0 aromatic rings. The molecule has 118 valence electrons. The highest BCUT2D eigenvalue weighted by atomic mass is 16.5. The lowest BCUT2D eigenvalue weighted by atomic mass is 9.92. The van der Waals surface area contributed by atoms with Crippen LogP contribution < -0.4 is 5.32 Å². The molecule has 0 amide bonds. The Labute approximate surface area is 124 Å². The van der Waals surface area contributed by atoms with E-state index in [1.165, 1.54) is 6.42 Å². The molecule has 1 N–H and O–H groups in total. The van der Waals surface area contributed by atoms with Gasteiger partial charge in [-0.05, 0) is 25.3 Å². The van der Waals surface area contributed by atoms with E-state index in [0.717, 1.165) is 57.1 Å². The quantitative estimate of drug-likeness (QED) is 0.586. The molecular formula is C15H32N4O. The van der Waals surface area contributed by atoms with E-state index in [1.54, 1.807) is 7.11 Å². The van der Waals surface area contributed by atoms with E-state index < -0.39 is 0 Å². The van der Waals surface area contributed by atoms with Crippen molar-refractivity contribution in [3.05, 3.63) is 0 Å². The molecule has 0 spiro atoms. The monoisotopic (exact) mass is 284 g/mol. The topological polar surface area (TPSA) is 40.1 Å². The summed E-state index contributed by atoms with van der Waals surface area (Å²) in [6.45, 7) is 10.6. The van der Waals surface area contributed by atoms with Gasteiger partial charge in [-0.2, -0.15) is 0 Å². The smallest absolute Gasteiger partial charge is 0.193 e. The molecule has 1 heterocycles. The number of nitrogens with one attached hydrogen (secondary N) is 1. The maximum Gasteiger partial charge on any atom is 0.193 e. The minimum absolute atomic E-state index is 0.752. The van der Waals surface area contributed by atoms with Crippen molar-refractivity contribution in [2.24, 2.45) is 16.8 Å². The Bertz CT molecular complexity index is 286. The Kier molecular flexibility index (Phi) is 7.92. The highest BCUT2D eigenvalue weighted by Gasteiger charge is 2.23. The summed E-state index contributed by atoms with van der Waals surface area (Å²) in [6.07, 6.45) is 1.33. The van der Waals surface area contributed by atoms with E-state index in [9.17, 15) is 0 Å². The van der Waals surface area contributed by atoms with Gasteiger partial charge in [-0.15, -0.1) is 0 Å². The van der Waals surface area contributed by atoms with Gasteiger partial charge in [-0.3, -0.25) is 4.99 Å². The molecule has 0 aromatic heterocycles. The average molecular weight is 284 g/mol. The Balaban J connectivity index is 2.32. The maximum absolute atomic E-state index is 5.09. The van der Waals surface area contributed by atoms with Crippen molar-refractivity contribution < 1.29 is 4.74 Å². The summed E-state index contributed by atoms with van der Waals surface area (Å²) < 4.78 is 5.09. The van der Waals surface area contributed by atoms with E-state index in [2.05, 4.69) is 41.0 Å². The molecule has 1 saturated heterocycles. The zero-order chi connectivity index (χ0) is 15.0. The number of hydrogen-bond donors (Lipinski definition) is 1. The van der Waals surface area contributed by atoms with Gasteiger partial charge in [0.25, 0.3) is 0 Å². The van der Waals surface area contributed by atoms with Crippen LogP contribution in [0.5, 0.6) is 0 Å². The molecule has 2 unspecified atom stereocenters. The minimum Gasteiger partial charge on any atom is -0.383 e. The van der Waals surface area contributed by atoms with Crippen LogP contribution in [0, 0.1) is 11.8 Å². The third-order valence-electron chi connectivity index (χ3n) is 3.83. The first kappa shape index (κ1) is 17.2. The molecule has 1 rings (SSSR count). The summed E-state index contributed by atoms with van der Waals surface area (Å²) >= 11 is 0. The Morgan fingerprint density at radius 1 is 1.30 bits per heavy atom. The van der Waals surface area contributed by atoms with E-state index >= 15 is 0 Å². The number of piperidine rings is 1. The van der Waals surface area contributed by atoms with Crippen LogP contribution >= 0.6 is 0 Å². The summed E-state index contributed by atoms with van der Waals surface area (Å²) in [6, 6.07) is 0. The zero-order valence-electron chi connectivity index (χ0n) is 13.9. The standard InChI is InChI=1S/C15H32N4O/c1-13-10-14(2)12-19(11-13)15(16-3)17-6-7-18(4)8-9-20-5/h13-14H,6-12H2,1-5H3,(H,16,17). The van der Waals surface area contributed by atoms with Crippen LogP contribution in [0.15, 0.2) is 4.99 Å². The molecule has 1 aliphatic rings. The van der Waals surface area contributed by atoms with Crippen molar-refractivity contribution in [3.63, 3.8) is 0 Å². The van der Waals surface area contributed by atoms with Crippen LogP contribution in [0.25, 0.3) is 0 Å². The van der Waals surface area contributed by atoms with Gasteiger partial charge >= 0.3 is 0 Å². The van der Waals surface area contributed by atoms with Crippen molar-refractivity contribution in [1.29, 1.82) is 0 Å². The van der Waals surface area contributed by atoms with Crippen molar-refractivity contribution in [1.82, 2.24) is 15.1 Å². The van der Waals surface area contributed by atoms with Gasteiger partial charge in [0.1, 0.15) is 0 Å². The van der Waals surface area contributed by atoms with Crippen LogP contribution in [0.4, 0.5) is 0 Å². The molecule has 0 aromatic carbocycles. The van der Waals surface area contributed by atoms with Crippen LogP contribution in [0.1, 0.15) is 20.3 Å². The SMILES string of the molecule is CN=C(NCCN(C)CCOC)N1CC(C)CC(C)C1. The molecular weight excluding hydrogens is 252 g/mol. The molecule has 0 saturated carbocycles. The predicted molar refractivity (Wildman–Crippen MR) is 85.3 cm³/mol. The van der Waals surface area contributed by atoms with Crippen LogP contribution in [0.3, 0.4) is 0 Å². The maximum atomic E-state index is 5.09. The number of ether oxygens (including phenoxy) is 1. The summed E-state index contributed by atoms with van der Waals surface area (Å²) in [5, 5.41) is 3.48. The van der Waals surface area contributed by atoms with Gasteiger partial charge in [0.05, 0.1) is 6.61 Å². The third-order valence-corrected chi connectivity index (χ3v) is 3.83. The fraction of sp³-hybridized carbons (Fsp3) is 0.933. The number of guanidine groups is 1. The first-order valence-corrected chi connectivity index (χ1v) is 7.69. The molecule has 0 radical (unpaired) electrons. The Morgan fingerprint density at radius 3 is 2.50 bits per heavy atom. The molecule has 0 bridgehead atoms. The molecule has 1 aliphatic heterocycles. The highest BCUT2D eigenvalue weighted by molar-refractivity contribution is 5.80. The Morgan fingerprint density at radius 2 is 1.95 bits per heavy atom. The number of rotatable bonds is 6. The Hall–Kier alpha value is -0.810. The first-order valence-electron chi connectivity index (χ1n) is 7.69. The number of nitrogens with zero attached hydrogens (tertiary/aromatic N) is 3. The first-order chi connectivity index (χ1) is 9.56. The fourth-order valence-electron chi connectivity index (χ4n) is 2.89. The number of methoxy groups -OCH3 is 1. The summed E-state index contributed by atoms with van der Waals surface area (Å²) in [4.78, 5) is 9.09. The number of likely N-dealkylation sites (tertiary alicyclic amines) is 1. The molecule has 5 heteroatoms. The molecule has 1 fully saturated rings. The van der Waals surface area contributed by atoms with Crippen molar-refractivity contribution >= 4 is 5.96 Å². The number of hydrogen-bond acceptors (Lipinski definition) is 3. The molecule has 2 atom stereocenters. The van der Waals surface area contributed by atoms with Gasteiger partial charge in [0.15, 0.2) is 5.96 Å². The number of likely N-dealkylation sites (N-methyl/N-ethyl adjacent to an activating group) is 1. The summed E-state index contributed by atoms with van der Waals surface area (Å²) in [7, 11) is 5.74. The minimum atomic E-state index is 0.752. The largest absolute Gasteiger partial charge is 0.383 e. The second-order valence-electron chi connectivity index (χ2n) is 6.12. The predicted octanol–water partition coefficient (Wildman–Crippen LogP) is 1.12. The van der Waals surface area contributed by atoms with Crippen molar-refractivity contribution in [2.45, 2.75) is 20.3 Å². The lowest BCUT2D eigenvalue weighted by Gasteiger charge is -2.37. The van der Waals surface area contributed by atoms with Gasteiger partial charge in [-0.25, -0.2) is 0 Å². The zero-order valence-corrected chi connectivity index (χ0v) is 13.9. The normalized spacial score (nSPS) is 24.3. The van der Waals surface area contributed by atoms with Crippen LogP contribution in [-0.4, -0.2) is 76.3 Å². The van der Waals surface area contributed by atoms with Crippen molar-refractivity contribution in [2.75, 3.05) is 60.5 Å². The van der Waals surface area contributed by atoms with Crippen LogP contribution in [0.2, 0.25) is 0 Å². The van der Waals surface area contributed by atoms with Gasteiger partial charge < -0.3 is 19.9 Å². The lowest BCUT2D eigenvalue weighted by Crippen LogP contribution is -2.49. The number of aliphatic imine (C=N–C) groups is 1. The fourth-order valence-corrected chi connectivity index (χ4v) is 2.89. The third kappa shape index (κ3) is 6.09. The average Bonchev–Trinajstić information content (AvgIpc) is 2.40. The molecule has 0 aliphatic carbocycles. The van der Waals surface area contributed by atoms with Gasteiger partial charge in [0.2, 0.25) is 0 Å². The van der Waals surface area contributed by atoms with E-state index in [1.807, 2.05) is 7.05 Å². The molecule has 5 nitrogen and oxygen atoms in total. The lowest BCUT2D eigenvalue weighted by molar-refractivity contribution is 0.161.